The summed E-state index contributed by atoms with van der Waals surface area (Å²) in [5.74, 6) is 0.146. The van der Waals surface area contributed by atoms with Crippen LogP contribution in [0, 0.1) is 0 Å². The molecule has 23 heavy (non-hydrogen) atoms. The summed E-state index contributed by atoms with van der Waals surface area (Å²) in [6, 6.07) is 20.4. The Kier molecular flexibility index (Phi) is 5.77. The number of rotatable bonds is 5. The summed E-state index contributed by atoms with van der Waals surface area (Å²) in [6.07, 6.45) is -0.475. The van der Waals surface area contributed by atoms with Crippen molar-refractivity contribution < 1.29 is 9.53 Å². The van der Waals surface area contributed by atoms with E-state index in [-0.39, 0.29) is 5.92 Å². The van der Waals surface area contributed by atoms with Gasteiger partial charge in [-0.05, 0) is 31.9 Å². The topological polar surface area (TPSA) is 50.4 Å². The third kappa shape index (κ3) is 5.75. The molecule has 0 fully saturated rings. The second-order valence-corrected chi connectivity index (χ2v) is 6.38. The van der Waals surface area contributed by atoms with Crippen LogP contribution in [-0.2, 0) is 4.74 Å². The number of nitrogens with one attached hydrogen (secondary N) is 2. The summed E-state index contributed by atoms with van der Waals surface area (Å²) in [6.45, 7) is 6.09. The number of benzene rings is 2. The van der Waals surface area contributed by atoms with E-state index >= 15 is 0 Å². The molecule has 4 nitrogen and oxygen atoms in total. The summed E-state index contributed by atoms with van der Waals surface area (Å²) in [4.78, 5) is 11.7. The number of carbonyl (C=O) groups is 1. The second kappa shape index (κ2) is 7.79. The van der Waals surface area contributed by atoms with Crippen molar-refractivity contribution in [3.05, 3.63) is 71.8 Å². The van der Waals surface area contributed by atoms with E-state index in [1.807, 2.05) is 57.2 Å². The van der Waals surface area contributed by atoms with Gasteiger partial charge in [0.25, 0.3) is 0 Å². The van der Waals surface area contributed by atoms with Gasteiger partial charge in [-0.25, -0.2) is 10.2 Å². The highest BCUT2D eigenvalue weighted by atomic mass is 16.6. The zero-order valence-electron chi connectivity index (χ0n) is 13.9. The minimum absolute atomic E-state index is 0.146. The van der Waals surface area contributed by atoms with Gasteiger partial charge >= 0.3 is 6.09 Å². The monoisotopic (exact) mass is 312 g/mol. The van der Waals surface area contributed by atoms with Gasteiger partial charge in [-0.1, -0.05) is 60.7 Å². The molecule has 4 heteroatoms. The van der Waals surface area contributed by atoms with Crippen LogP contribution >= 0.6 is 0 Å². The van der Waals surface area contributed by atoms with Crippen molar-refractivity contribution >= 4 is 6.09 Å². The predicted octanol–water partition coefficient (Wildman–Crippen LogP) is 3.85. The molecule has 0 unspecified atom stereocenters. The molecule has 2 aromatic carbocycles. The first-order valence-corrected chi connectivity index (χ1v) is 7.77. The maximum Gasteiger partial charge on any atom is 0.422 e. The summed E-state index contributed by atoms with van der Waals surface area (Å²) >= 11 is 0. The molecule has 0 saturated carbocycles. The van der Waals surface area contributed by atoms with E-state index in [1.54, 1.807) is 0 Å². The molecule has 0 heterocycles. The summed E-state index contributed by atoms with van der Waals surface area (Å²) < 4.78 is 5.22. The first-order valence-electron chi connectivity index (χ1n) is 7.77. The molecular weight excluding hydrogens is 288 g/mol. The van der Waals surface area contributed by atoms with Gasteiger partial charge in [-0.15, -0.1) is 0 Å². The van der Waals surface area contributed by atoms with Crippen molar-refractivity contribution in [1.29, 1.82) is 0 Å². The molecule has 0 saturated heterocycles. The van der Waals surface area contributed by atoms with Gasteiger partial charge in [0.1, 0.15) is 5.60 Å². The Bertz CT molecular complexity index is 567. The maximum atomic E-state index is 11.7. The molecule has 0 aromatic heterocycles. The van der Waals surface area contributed by atoms with Crippen LogP contribution in [0.15, 0.2) is 60.7 Å². The molecule has 0 atom stereocenters. The van der Waals surface area contributed by atoms with Crippen molar-refractivity contribution in [2.45, 2.75) is 32.3 Å². The van der Waals surface area contributed by atoms with Crippen LogP contribution in [0.4, 0.5) is 4.79 Å². The minimum Gasteiger partial charge on any atom is -0.443 e. The summed E-state index contributed by atoms with van der Waals surface area (Å²) in [7, 11) is 0. The van der Waals surface area contributed by atoms with E-state index in [0.29, 0.717) is 6.54 Å². The quantitative estimate of drug-likeness (QED) is 0.825. The lowest BCUT2D eigenvalue weighted by Crippen LogP contribution is -2.42. The van der Waals surface area contributed by atoms with E-state index in [1.165, 1.54) is 11.1 Å². The highest BCUT2D eigenvalue weighted by Crippen LogP contribution is 2.23. The maximum absolute atomic E-state index is 11.7. The Hall–Kier alpha value is -2.33. The highest BCUT2D eigenvalue weighted by Gasteiger charge is 2.17. The third-order valence-corrected chi connectivity index (χ3v) is 3.30. The van der Waals surface area contributed by atoms with Gasteiger partial charge in [-0.2, -0.15) is 0 Å². The van der Waals surface area contributed by atoms with Crippen LogP contribution in [0.2, 0.25) is 0 Å². The van der Waals surface area contributed by atoms with E-state index in [9.17, 15) is 4.79 Å². The van der Waals surface area contributed by atoms with Crippen molar-refractivity contribution in [2.24, 2.45) is 0 Å². The normalized spacial score (nSPS) is 11.3. The Balaban J connectivity index is 2.01. The van der Waals surface area contributed by atoms with Crippen LogP contribution in [-0.4, -0.2) is 18.2 Å². The summed E-state index contributed by atoms with van der Waals surface area (Å²) in [5.41, 5.74) is 7.45. The van der Waals surface area contributed by atoms with E-state index in [2.05, 4.69) is 35.1 Å². The van der Waals surface area contributed by atoms with E-state index in [0.717, 1.165) is 0 Å². The van der Waals surface area contributed by atoms with Crippen LogP contribution in [0.25, 0.3) is 0 Å². The highest BCUT2D eigenvalue weighted by molar-refractivity contribution is 5.67. The van der Waals surface area contributed by atoms with Gasteiger partial charge in [0.15, 0.2) is 0 Å². The van der Waals surface area contributed by atoms with E-state index in [4.69, 9.17) is 4.74 Å². The molecular formula is C19H24N2O2. The van der Waals surface area contributed by atoms with Gasteiger partial charge in [0.2, 0.25) is 0 Å². The zero-order chi connectivity index (χ0) is 16.7. The second-order valence-electron chi connectivity index (χ2n) is 6.38. The summed E-state index contributed by atoms with van der Waals surface area (Å²) in [5, 5.41) is 0. The molecule has 0 aliphatic rings. The Morgan fingerprint density at radius 2 is 1.43 bits per heavy atom. The van der Waals surface area contributed by atoms with Gasteiger partial charge in [0, 0.05) is 12.5 Å². The predicted molar refractivity (Wildman–Crippen MR) is 92.1 cm³/mol. The lowest BCUT2D eigenvalue weighted by Gasteiger charge is -2.22. The first kappa shape index (κ1) is 17.0. The van der Waals surface area contributed by atoms with Gasteiger partial charge < -0.3 is 4.74 Å². The van der Waals surface area contributed by atoms with Crippen LogP contribution in [0.3, 0.4) is 0 Å². The van der Waals surface area contributed by atoms with Crippen molar-refractivity contribution in [1.82, 2.24) is 10.9 Å². The standard InChI is InChI=1S/C19H24N2O2/c1-19(2,3)23-18(22)21-20-14-17(15-10-6-4-7-11-15)16-12-8-5-9-13-16/h4-13,17,20H,14H2,1-3H3,(H,21,22). The molecule has 0 aliphatic heterocycles. The van der Waals surface area contributed by atoms with Gasteiger partial charge in [0.05, 0.1) is 0 Å². The molecule has 1 amide bonds. The number of hydrazine groups is 1. The largest absolute Gasteiger partial charge is 0.443 e. The number of hydrogen-bond acceptors (Lipinski definition) is 3. The molecule has 0 bridgehead atoms. The zero-order valence-corrected chi connectivity index (χ0v) is 13.9. The van der Waals surface area contributed by atoms with Crippen LogP contribution < -0.4 is 10.9 Å². The van der Waals surface area contributed by atoms with Crippen molar-refractivity contribution in [3.63, 3.8) is 0 Å². The molecule has 122 valence electrons. The van der Waals surface area contributed by atoms with Crippen molar-refractivity contribution in [2.75, 3.05) is 6.54 Å². The molecule has 2 N–H and O–H groups in total. The molecule has 0 radical (unpaired) electrons. The fourth-order valence-corrected chi connectivity index (χ4v) is 2.33. The average Bonchev–Trinajstić information content (AvgIpc) is 2.51. The Morgan fingerprint density at radius 3 is 1.87 bits per heavy atom. The lowest BCUT2D eigenvalue weighted by molar-refractivity contribution is 0.0498. The first-order chi connectivity index (χ1) is 11.0. The SMILES string of the molecule is CC(C)(C)OC(=O)NNCC(c1ccccc1)c1ccccc1. The molecule has 0 spiro atoms. The molecule has 2 aromatic rings. The number of amides is 1. The third-order valence-electron chi connectivity index (χ3n) is 3.30. The minimum atomic E-state index is -0.510. The van der Waals surface area contributed by atoms with Gasteiger partial charge in [-0.3, -0.25) is 5.43 Å². The number of ether oxygens (including phenoxy) is 1. The lowest BCUT2D eigenvalue weighted by atomic mass is 9.91. The number of hydrogen-bond donors (Lipinski definition) is 2. The van der Waals surface area contributed by atoms with Crippen molar-refractivity contribution in [3.8, 4) is 0 Å². The van der Waals surface area contributed by atoms with E-state index < -0.39 is 11.7 Å². The Labute approximate surface area is 137 Å². The van der Waals surface area contributed by atoms with Crippen LogP contribution in [0.1, 0.15) is 37.8 Å². The average molecular weight is 312 g/mol. The Morgan fingerprint density at radius 1 is 0.957 bits per heavy atom. The molecule has 2 rings (SSSR count). The fourth-order valence-electron chi connectivity index (χ4n) is 2.33. The number of carbonyl (C=O) groups excluding carboxylic acids is 1. The smallest absolute Gasteiger partial charge is 0.422 e. The van der Waals surface area contributed by atoms with Crippen LogP contribution in [0.5, 0.6) is 0 Å². The fraction of sp³-hybridized carbons (Fsp3) is 0.316. The molecule has 0 aliphatic carbocycles.